The number of carbonyl (C=O) groups excluding carboxylic acids is 1. The molecule has 0 unspecified atom stereocenters. The van der Waals surface area contributed by atoms with E-state index in [-0.39, 0.29) is 10.6 Å². The summed E-state index contributed by atoms with van der Waals surface area (Å²) in [6.07, 6.45) is 0. The minimum Gasteiger partial charge on any atom is -0.497 e. The van der Waals surface area contributed by atoms with E-state index in [0.29, 0.717) is 23.9 Å². The molecule has 0 aliphatic rings. The van der Waals surface area contributed by atoms with Crippen LogP contribution >= 0.6 is 23.3 Å². The van der Waals surface area contributed by atoms with Crippen molar-refractivity contribution < 1.29 is 19.4 Å². The van der Waals surface area contributed by atoms with E-state index < -0.39 is 12.0 Å². The number of anilines is 1. The molecule has 10 heteroatoms. The maximum absolute atomic E-state index is 12.0. The largest absolute Gasteiger partial charge is 0.497 e. The number of ether oxygens (including phenoxy) is 1. The molecule has 2 amide bonds. The number of methoxy groups -OCH3 is 1. The molecule has 2 aromatic rings. The maximum Gasteiger partial charge on any atom is 0.341 e. The first-order chi connectivity index (χ1) is 12.9. The summed E-state index contributed by atoms with van der Waals surface area (Å²) in [5, 5.41) is 15.4. The number of nitrogens with one attached hydrogen (secondary N) is 2. The molecule has 8 nitrogen and oxygen atoms in total. The van der Waals surface area contributed by atoms with Gasteiger partial charge in [0, 0.05) is 18.8 Å². The first kappa shape index (κ1) is 21.0. The molecule has 1 aromatic carbocycles. The van der Waals surface area contributed by atoms with Crippen molar-refractivity contribution in [2.24, 2.45) is 0 Å². The van der Waals surface area contributed by atoms with Crippen LogP contribution in [0.5, 0.6) is 5.75 Å². The zero-order valence-electron chi connectivity index (χ0n) is 15.3. The molecule has 27 heavy (non-hydrogen) atoms. The Balaban J connectivity index is 2.03. The van der Waals surface area contributed by atoms with Crippen LogP contribution in [0.1, 0.15) is 15.9 Å². The monoisotopic (exact) mass is 410 g/mol. The van der Waals surface area contributed by atoms with Crippen molar-refractivity contribution >= 4 is 40.3 Å². The molecule has 2 rings (SSSR count). The van der Waals surface area contributed by atoms with Gasteiger partial charge in [-0.15, -0.1) is 0 Å². The molecule has 0 aliphatic heterocycles. The SMILES string of the molecule is COc1cccc(CSc2nsc(NC(=O)NCCN(C)C)c2C(=O)O)c1. The third kappa shape index (κ3) is 6.42. The lowest BCUT2D eigenvalue weighted by atomic mass is 10.2. The normalized spacial score (nSPS) is 10.7. The molecule has 1 aromatic heterocycles. The molecule has 0 radical (unpaired) electrons. The number of carboxylic acid groups (broad SMARTS) is 1. The van der Waals surface area contributed by atoms with Crippen LogP contribution in [0.2, 0.25) is 0 Å². The van der Waals surface area contributed by atoms with Crippen molar-refractivity contribution in [3.63, 3.8) is 0 Å². The van der Waals surface area contributed by atoms with Crippen molar-refractivity contribution in [1.29, 1.82) is 0 Å². The quantitative estimate of drug-likeness (QED) is 0.546. The minimum atomic E-state index is -1.12. The summed E-state index contributed by atoms with van der Waals surface area (Å²) in [5.74, 6) is 0.150. The fourth-order valence-electron chi connectivity index (χ4n) is 2.10. The number of amides is 2. The van der Waals surface area contributed by atoms with E-state index in [9.17, 15) is 14.7 Å². The summed E-state index contributed by atoms with van der Waals surface area (Å²) in [6, 6.07) is 7.08. The number of aromatic nitrogens is 1. The highest BCUT2D eigenvalue weighted by molar-refractivity contribution is 7.98. The smallest absolute Gasteiger partial charge is 0.341 e. The van der Waals surface area contributed by atoms with Crippen LogP contribution in [0.15, 0.2) is 29.3 Å². The topological polar surface area (TPSA) is 104 Å². The van der Waals surface area contributed by atoms with E-state index in [1.165, 1.54) is 11.8 Å². The maximum atomic E-state index is 12.0. The summed E-state index contributed by atoms with van der Waals surface area (Å²) < 4.78 is 9.39. The summed E-state index contributed by atoms with van der Waals surface area (Å²) in [6.45, 7) is 1.14. The molecule has 0 saturated carbocycles. The molecule has 1 heterocycles. The van der Waals surface area contributed by atoms with Gasteiger partial charge in [-0.25, -0.2) is 9.59 Å². The van der Waals surface area contributed by atoms with Gasteiger partial charge in [0.2, 0.25) is 0 Å². The Kier molecular flexibility index (Phi) is 7.89. The van der Waals surface area contributed by atoms with Gasteiger partial charge in [-0.05, 0) is 43.3 Å². The third-order valence-corrected chi connectivity index (χ3v) is 5.38. The van der Waals surface area contributed by atoms with Gasteiger partial charge in [0.1, 0.15) is 21.3 Å². The Labute approximate surface area is 166 Å². The van der Waals surface area contributed by atoms with Crippen molar-refractivity contribution in [2.45, 2.75) is 10.8 Å². The van der Waals surface area contributed by atoms with Gasteiger partial charge in [0.25, 0.3) is 0 Å². The van der Waals surface area contributed by atoms with E-state index in [1.807, 2.05) is 43.3 Å². The van der Waals surface area contributed by atoms with Crippen LogP contribution in [0.25, 0.3) is 0 Å². The predicted octanol–water partition coefficient (Wildman–Crippen LogP) is 2.83. The van der Waals surface area contributed by atoms with Crippen molar-refractivity contribution in [1.82, 2.24) is 14.6 Å². The number of benzene rings is 1. The number of rotatable bonds is 9. The zero-order chi connectivity index (χ0) is 19.8. The second-order valence-corrected chi connectivity index (χ2v) is 7.56. The van der Waals surface area contributed by atoms with E-state index in [2.05, 4.69) is 15.0 Å². The van der Waals surface area contributed by atoms with Crippen molar-refractivity contribution in [3.8, 4) is 5.75 Å². The number of hydrogen-bond acceptors (Lipinski definition) is 7. The van der Waals surface area contributed by atoms with E-state index >= 15 is 0 Å². The molecule has 0 saturated heterocycles. The summed E-state index contributed by atoms with van der Waals surface area (Å²) in [4.78, 5) is 25.5. The number of aromatic carboxylic acids is 1. The van der Waals surface area contributed by atoms with E-state index in [4.69, 9.17) is 4.74 Å². The highest BCUT2D eigenvalue weighted by Gasteiger charge is 2.22. The van der Waals surface area contributed by atoms with Gasteiger partial charge in [0.05, 0.1) is 7.11 Å². The Bertz CT molecular complexity index is 795. The summed E-state index contributed by atoms with van der Waals surface area (Å²) in [5.41, 5.74) is 0.996. The first-order valence-electron chi connectivity index (χ1n) is 8.09. The second-order valence-electron chi connectivity index (χ2n) is 5.82. The Morgan fingerprint density at radius 2 is 2.15 bits per heavy atom. The summed E-state index contributed by atoms with van der Waals surface area (Å²) in [7, 11) is 5.39. The van der Waals surface area contributed by atoms with Crippen molar-refractivity contribution in [3.05, 3.63) is 35.4 Å². The first-order valence-corrected chi connectivity index (χ1v) is 9.85. The molecular formula is C17H22N4O4S2. The van der Waals surface area contributed by atoms with Crippen LogP contribution < -0.4 is 15.4 Å². The lowest BCUT2D eigenvalue weighted by molar-refractivity contribution is 0.0694. The molecule has 3 N–H and O–H groups in total. The summed E-state index contributed by atoms with van der Waals surface area (Å²) >= 11 is 2.26. The van der Waals surface area contributed by atoms with Crippen LogP contribution in [-0.2, 0) is 5.75 Å². The van der Waals surface area contributed by atoms with E-state index in [1.54, 1.807) is 7.11 Å². The molecular weight excluding hydrogens is 388 g/mol. The number of urea groups is 1. The molecule has 0 aliphatic carbocycles. The number of hydrogen-bond donors (Lipinski definition) is 3. The highest BCUT2D eigenvalue weighted by Crippen LogP contribution is 2.34. The predicted molar refractivity (Wildman–Crippen MR) is 107 cm³/mol. The molecule has 0 bridgehead atoms. The van der Waals surface area contributed by atoms with Crippen LogP contribution in [-0.4, -0.2) is 60.7 Å². The van der Waals surface area contributed by atoms with Gasteiger partial charge in [-0.3, -0.25) is 5.32 Å². The number of nitrogens with zero attached hydrogens (tertiary/aromatic N) is 2. The second kappa shape index (κ2) is 10.1. The fraction of sp³-hybridized carbons (Fsp3) is 0.353. The Hall–Kier alpha value is -2.30. The van der Waals surface area contributed by atoms with Gasteiger partial charge < -0.3 is 20.1 Å². The standard InChI is InChI=1S/C17H22N4O4S2/c1-21(2)8-7-18-17(24)19-14-13(16(22)23)15(20-27-14)26-10-11-5-4-6-12(9-11)25-3/h4-6,9H,7-8,10H2,1-3H3,(H,22,23)(H2,18,19,24). The Morgan fingerprint density at radius 3 is 2.81 bits per heavy atom. The van der Waals surface area contributed by atoms with Gasteiger partial charge in [-0.1, -0.05) is 23.9 Å². The molecule has 0 spiro atoms. The van der Waals surface area contributed by atoms with E-state index in [0.717, 1.165) is 22.8 Å². The van der Waals surface area contributed by atoms with Gasteiger partial charge in [0.15, 0.2) is 0 Å². The van der Waals surface area contributed by atoms with Crippen molar-refractivity contribution in [2.75, 3.05) is 39.6 Å². The number of carboxylic acids is 1. The minimum absolute atomic E-state index is 0.00987. The van der Waals surface area contributed by atoms with Gasteiger partial charge in [-0.2, -0.15) is 4.37 Å². The number of likely N-dealkylation sites (N-methyl/N-ethyl adjacent to an activating group) is 1. The van der Waals surface area contributed by atoms with Crippen LogP contribution in [0.3, 0.4) is 0 Å². The lowest BCUT2D eigenvalue weighted by Crippen LogP contribution is -2.34. The zero-order valence-corrected chi connectivity index (χ0v) is 16.9. The lowest BCUT2D eigenvalue weighted by Gasteiger charge is -2.10. The van der Waals surface area contributed by atoms with Crippen LogP contribution in [0.4, 0.5) is 9.80 Å². The third-order valence-electron chi connectivity index (χ3n) is 3.46. The highest BCUT2D eigenvalue weighted by atomic mass is 32.2. The van der Waals surface area contributed by atoms with Crippen LogP contribution in [0, 0.1) is 0 Å². The molecule has 0 fully saturated rings. The average Bonchev–Trinajstić information content (AvgIpc) is 3.02. The molecule has 146 valence electrons. The fourth-order valence-corrected chi connectivity index (χ4v) is 3.99. The van der Waals surface area contributed by atoms with Gasteiger partial charge >= 0.3 is 12.0 Å². The molecule has 0 atom stereocenters. The number of thioether (sulfide) groups is 1. The number of carbonyl (C=O) groups is 2. The average molecular weight is 411 g/mol. The Morgan fingerprint density at radius 1 is 1.37 bits per heavy atom.